The largest absolute Gasteiger partial charge is 0.377 e. The van der Waals surface area contributed by atoms with Crippen molar-refractivity contribution in [3.8, 4) is 0 Å². The predicted octanol–water partition coefficient (Wildman–Crippen LogP) is 3.84. The molecule has 2 heterocycles. The Balaban J connectivity index is 1.36. The Hall–Kier alpha value is -2.49. The first-order valence-corrected chi connectivity index (χ1v) is 12.7. The lowest BCUT2D eigenvalue weighted by molar-refractivity contribution is -0.120. The average molecular weight is 487 g/mol. The lowest BCUT2D eigenvalue weighted by Gasteiger charge is -2.20. The zero-order valence-electron chi connectivity index (χ0n) is 19.4. The molecule has 1 aliphatic heterocycles. The molecule has 182 valence electrons. The van der Waals surface area contributed by atoms with Crippen molar-refractivity contribution in [1.29, 1.82) is 0 Å². The Labute approximate surface area is 203 Å². The fraction of sp³-hybridized carbons (Fsp3) is 0.480. The molecule has 9 heteroatoms. The van der Waals surface area contributed by atoms with Gasteiger partial charge >= 0.3 is 0 Å². The van der Waals surface area contributed by atoms with E-state index in [9.17, 15) is 9.18 Å². The normalized spacial score (nSPS) is 19.9. The van der Waals surface area contributed by atoms with E-state index in [2.05, 4.69) is 26.2 Å². The Morgan fingerprint density at radius 3 is 3.09 bits per heavy atom. The van der Waals surface area contributed by atoms with E-state index in [4.69, 9.17) is 9.47 Å². The number of nitrogens with one attached hydrogen (secondary N) is 1. The van der Waals surface area contributed by atoms with Gasteiger partial charge in [-0.05, 0) is 42.5 Å². The average Bonchev–Trinajstić information content (AvgIpc) is 3.50. The third-order valence-electron chi connectivity index (χ3n) is 6.02. The second-order valence-corrected chi connectivity index (χ2v) is 9.41. The van der Waals surface area contributed by atoms with Crippen LogP contribution in [0.3, 0.4) is 0 Å². The molecule has 1 fully saturated rings. The van der Waals surface area contributed by atoms with Crippen LogP contribution in [-0.4, -0.2) is 53.1 Å². The second-order valence-electron chi connectivity index (χ2n) is 8.47. The number of thioether (sulfide) groups is 1. The van der Waals surface area contributed by atoms with E-state index in [1.54, 1.807) is 13.2 Å². The van der Waals surface area contributed by atoms with Crippen LogP contribution in [0.15, 0.2) is 53.2 Å². The van der Waals surface area contributed by atoms with Gasteiger partial charge in [0.25, 0.3) is 0 Å². The topological polar surface area (TPSA) is 78.3 Å². The molecule has 4 rings (SSSR count). The van der Waals surface area contributed by atoms with E-state index in [0.29, 0.717) is 31.7 Å². The predicted molar refractivity (Wildman–Crippen MR) is 129 cm³/mol. The molecule has 0 radical (unpaired) electrons. The number of methoxy groups -OCH3 is 1. The minimum Gasteiger partial charge on any atom is -0.377 e. The molecule has 2 atom stereocenters. The summed E-state index contributed by atoms with van der Waals surface area (Å²) in [4.78, 5) is 12.5. The third kappa shape index (κ3) is 6.77. The Morgan fingerprint density at radius 2 is 2.29 bits per heavy atom. The van der Waals surface area contributed by atoms with E-state index in [0.717, 1.165) is 48.0 Å². The zero-order valence-corrected chi connectivity index (χ0v) is 20.2. The Morgan fingerprint density at radius 1 is 1.38 bits per heavy atom. The number of aryl methyl sites for hydroxylation is 1. The van der Waals surface area contributed by atoms with Crippen LogP contribution in [0.4, 0.5) is 4.39 Å². The first-order valence-electron chi connectivity index (χ1n) is 11.7. The number of allylic oxidation sites excluding steroid dienone is 2. The summed E-state index contributed by atoms with van der Waals surface area (Å²) < 4.78 is 26.9. The standard InChI is InChI=1S/C25H31FN4O3S/c1-32-22-10-3-2-7-19(22)15-27-24(31)12-11-23-28-29-25(30(23)16-21-9-5-13-33-21)34-17-18-6-4-8-20(26)14-18/h2-4,6-8,14,21-22H,5,9-13,15-17H2,1H3,(H,27,31). The van der Waals surface area contributed by atoms with Crippen LogP contribution in [0.2, 0.25) is 0 Å². The molecule has 0 spiro atoms. The van der Waals surface area contributed by atoms with E-state index < -0.39 is 0 Å². The van der Waals surface area contributed by atoms with E-state index in [-0.39, 0.29) is 23.9 Å². The minimum atomic E-state index is -0.248. The number of rotatable bonds is 11. The van der Waals surface area contributed by atoms with Crippen molar-refractivity contribution in [2.75, 3.05) is 20.3 Å². The van der Waals surface area contributed by atoms with Gasteiger partial charge in [-0.25, -0.2) is 4.39 Å². The first-order chi connectivity index (χ1) is 16.6. The van der Waals surface area contributed by atoms with Crippen molar-refractivity contribution in [3.63, 3.8) is 0 Å². The van der Waals surface area contributed by atoms with Gasteiger partial charge < -0.3 is 19.4 Å². The molecule has 1 aromatic heterocycles. The lowest BCUT2D eigenvalue weighted by atomic mass is 10.0. The van der Waals surface area contributed by atoms with Crippen molar-refractivity contribution in [3.05, 3.63) is 65.3 Å². The van der Waals surface area contributed by atoms with Crippen molar-refractivity contribution >= 4 is 17.7 Å². The summed E-state index contributed by atoms with van der Waals surface area (Å²) in [5.41, 5.74) is 1.95. The number of carbonyl (C=O) groups is 1. The molecule has 2 aliphatic rings. The molecular weight excluding hydrogens is 455 g/mol. The van der Waals surface area contributed by atoms with Gasteiger partial charge in [0, 0.05) is 38.9 Å². The van der Waals surface area contributed by atoms with Gasteiger partial charge in [-0.1, -0.05) is 42.1 Å². The van der Waals surface area contributed by atoms with E-state index >= 15 is 0 Å². The summed E-state index contributed by atoms with van der Waals surface area (Å²) in [6.45, 7) is 1.90. The summed E-state index contributed by atoms with van der Waals surface area (Å²) in [5.74, 6) is 1.07. The van der Waals surface area contributed by atoms with Crippen LogP contribution in [0.5, 0.6) is 0 Å². The highest BCUT2D eigenvalue weighted by Gasteiger charge is 2.22. The first kappa shape index (κ1) is 24.6. The summed E-state index contributed by atoms with van der Waals surface area (Å²) in [6.07, 6.45) is 9.85. The number of nitrogens with zero attached hydrogens (tertiary/aromatic N) is 3. The van der Waals surface area contributed by atoms with Crippen LogP contribution in [0, 0.1) is 5.82 Å². The summed E-state index contributed by atoms with van der Waals surface area (Å²) >= 11 is 1.52. The highest BCUT2D eigenvalue weighted by atomic mass is 32.2. The fourth-order valence-electron chi connectivity index (χ4n) is 4.15. The number of benzene rings is 1. The molecular formula is C25H31FN4O3S. The van der Waals surface area contributed by atoms with Crippen LogP contribution < -0.4 is 5.32 Å². The molecule has 1 aromatic carbocycles. The lowest BCUT2D eigenvalue weighted by Crippen LogP contribution is -2.30. The van der Waals surface area contributed by atoms with Gasteiger partial charge in [-0.3, -0.25) is 4.79 Å². The number of hydrogen-bond acceptors (Lipinski definition) is 6. The van der Waals surface area contributed by atoms with Crippen molar-refractivity contribution in [2.45, 2.75) is 61.8 Å². The monoisotopic (exact) mass is 486 g/mol. The van der Waals surface area contributed by atoms with Crippen molar-refractivity contribution < 1.29 is 18.7 Å². The molecule has 1 amide bonds. The second kappa shape index (κ2) is 12.3. The highest BCUT2D eigenvalue weighted by molar-refractivity contribution is 7.98. The van der Waals surface area contributed by atoms with E-state index in [1.807, 2.05) is 18.2 Å². The number of amides is 1. The zero-order chi connectivity index (χ0) is 23.8. The van der Waals surface area contributed by atoms with Crippen LogP contribution in [-0.2, 0) is 33.0 Å². The van der Waals surface area contributed by atoms with Crippen LogP contribution in [0.1, 0.15) is 37.1 Å². The molecule has 1 N–H and O–H groups in total. The summed E-state index contributed by atoms with van der Waals surface area (Å²) in [6, 6.07) is 6.58. The summed E-state index contributed by atoms with van der Waals surface area (Å²) in [7, 11) is 1.68. The summed E-state index contributed by atoms with van der Waals surface area (Å²) in [5, 5.41) is 12.5. The van der Waals surface area contributed by atoms with Gasteiger partial charge in [-0.15, -0.1) is 10.2 Å². The minimum absolute atomic E-state index is 0.0116. The smallest absolute Gasteiger partial charge is 0.220 e. The maximum absolute atomic E-state index is 13.5. The molecule has 2 aromatic rings. The molecule has 1 aliphatic carbocycles. The Kier molecular flexibility index (Phi) is 8.90. The molecule has 7 nitrogen and oxygen atoms in total. The molecule has 1 saturated heterocycles. The fourth-order valence-corrected chi connectivity index (χ4v) is 5.06. The maximum atomic E-state index is 13.5. The van der Waals surface area contributed by atoms with Crippen molar-refractivity contribution in [1.82, 2.24) is 20.1 Å². The number of hydrogen-bond donors (Lipinski definition) is 1. The molecule has 0 bridgehead atoms. The number of ether oxygens (including phenoxy) is 2. The van der Waals surface area contributed by atoms with Gasteiger partial charge in [0.05, 0.1) is 18.8 Å². The molecule has 34 heavy (non-hydrogen) atoms. The Bertz CT molecular complexity index is 1030. The van der Waals surface area contributed by atoms with Crippen LogP contribution >= 0.6 is 11.8 Å². The van der Waals surface area contributed by atoms with Gasteiger partial charge in [0.2, 0.25) is 5.91 Å². The SMILES string of the molecule is COC1CC=CC=C1CNC(=O)CCc1nnc(SCc2cccc(F)c2)n1CC1CCCO1. The molecule has 2 unspecified atom stereocenters. The van der Waals surface area contributed by atoms with Gasteiger partial charge in [0.1, 0.15) is 11.6 Å². The van der Waals surface area contributed by atoms with Gasteiger partial charge in [0.15, 0.2) is 5.16 Å². The molecule has 0 saturated carbocycles. The highest BCUT2D eigenvalue weighted by Crippen LogP contribution is 2.25. The number of halogens is 1. The van der Waals surface area contributed by atoms with Crippen LogP contribution in [0.25, 0.3) is 0 Å². The van der Waals surface area contributed by atoms with Gasteiger partial charge in [-0.2, -0.15) is 0 Å². The third-order valence-corrected chi connectivity index (χ3v) is 7.06. The number of carbonyl (C=O) groups excluding carboxylic acids is 1. The number of aromatic nitrogens is 3. The quantitative estimate of drug-likeness (QED) is 0.487. The maximum Gasteiger partial charge on any atom is 0.220 e. The van der Waals surface area contributed by atoms with Crippen molar-refractivity contribution in [2.24, 2.45) is 0 Å². The van der Waals surface area contributed by atoms with E-state index in [1.165, 1.54) is 23.9 Å².